The minimum absolute atomic E-state index is 0.706. The number of benzene rings is 1. The molecule has 1 unspecified atom stereocenters. The van der Waals surface area contributed by atoms with Crippen LogP contribution in [0.4, 0.5) is 5.69 Å². The summed E-state index contributed by atoms with van der Waals surface area (Å²) in [5, 5.41) is 3.61. The Morgan fingerprint density at radius 3 is 2.86 bits per heavy atom. The molecule has 1 N–H and O–H groups in total. The maximum Gasteiger partial charge on any atom is 0.0412 e. The summed E-state index contributed by atoms with van der Waals surface area (Å²) >= 11 is 0. The maximum atomic E-state index is 3.61. The highest BCUT2D eigenvalue weighted by Crippen LogP contribution is 2.28. The van der Waals surface area contributed by atoms with Crippen LogP contribution in [0.1, 0.15) is 51.2 Å². The van der Waals surface area contributed by atoms with Crippen LogP contribution in [-0.2, 0) is 6.54 Å². The zero-order valence-electron chi connectivity index (χ0n) is 14.3. The molecule has 118 valence electrons. The highest BCUT2D eigenvalue weighted by atomic mass is 15.1. The molecular weight excluding hydrogens is 256 g/mol. The molecule has 0 spiro atoms. The van der Waals surface area contributed by atoms with Gasteiger partial charge in [-0.15, -0.1) is 0 Å². The van der Waals surface area contributed by atoms with Gasteiger partial charge in [0.25, 0.3) is 0 Å². The summed E-state index contributed by atoms with van der Waals surface area (Å²) in [5.41, 5.74) is 4.28. The first kappa shape index (κ1) is 16.4. The van der Waals surface area contributed by atoms with Crippen LogP contribution in [0.5, 0.6) is 0 Å². The summed E-state index contributed by atoms with van der Waals surface area (Å²) in [4.78, 5) is 2.61. The van der Waals surface area contributed by atoms with Crippen molar-refractivity contribution in [3.63, 3.8) is 0 Å². The normalized spacial score (nSPS) is 19.3. The van der Waals surface area contributed by atoms with E-state index < -0.39 is 0 Å². The number of anilines is 1. The van der Waals surface area contributed by atoms with E-state index >= 15 is 0 Å². The summed E-state index contributed by atoms with van der Waals surface area (Å²) in [6, 6.07) is 6.95. The molecule has 0 aliphatic carbocycles. The van der Waals surface area contributed by atoms with E-state index in [2.05, 4.69) is 56.1 Å². The van der Waals surface area contributed by atoms with Crippen LogP contribution in [0.15, 0.2) is 18.2 Å². The third-order valence-corrected chi connectivity index (χ3v) is 4.54. The molecule has 1 aromatic rings. The molecule has 1 aliphatic rings. The molecule has 2 heteroatoms. The van der Waals surface area contributed by atoms with Gasteiger partial charge in [-0.3, -0.25) is 0 Å². The Bertz CT molecular complexity index is 439. The third-order valence-electron chi connectivity index (χ3n) is 4.54. The fourth-order valence-corrected chi connectivity index (χ4v) is 3.28. The van der Waals surface area contributed by atoms with Gasteiger partial charge in [0, 0.05) is 25.3 Å². The summed E-state index contributed by atoms with van der Waals surface area (Å²) in [6.07, 6.45) is 4.05. The molecule has 0 bridgehead atoms. The first-order valence-corrected chi connectivity index (χ1v) is 8.65. The van der Waals surface area contributed by atoms with Gasteiger partial charge in [-0.25, -0.2) is 0 Å². The number of aryl methyl sites for hydroxylation is 1. The van der Waals surface area contributed by atoms with Crippen molar-refractivity contribution in [3.05, 3.63) is 29.3 Å². The van der Waals surface area contributed by atoms with E-state index in [0.717, 1.165) is 19.0 Å². The molecule has 1 saturated heterocycles. The molecule has 1 aromatic carbocycles. The third kappa shape index (κ3) is 4.74. The topological polar surface area (TPSA) is 15.3 Å². The fraction of sp³-hybridized carbons (Fsp3) is 0.684. The number of rotatable bonds is 6. The second-order valence-corrected chi connectivity index (χ2v) is 7.02. The Hall–Kier alpha value is -1.02. The molecule has 0 saturated carbocycles. The van der Waals surface area contributed by atoms with Crippen molar-refractivity contribution in [3.8, 4) is 0 Å². The first-order valence-electron chi connectivity index (χ1n) is 8.65. The number of nitrogens with zero attached hydrogens (tertiary/aromatic N) is 1. The molecular formula is C19H32N2. The Balaban J connectivity index is 2.10. The molecule has 2 nitrogen and oxygen atoms in total. The predicted octanol–water partition coefficient (Wildman–Crippen LogP) is 4.37. The lowest BCUT2D eigenvalue weighted by molar-refractivity contribution is 0.404. The number of piperidine rings is 1. The molecule has 0 radical (unpaired) electrons. The molecule has 1 fully saturated rings. The van der Waals surface area contributed by atoms with Gasteiger partial charge < -0.3 is 10.2 Å². The van der Waals surface area contributed by atoms with E-state index in [1.165, 1.54) is 49.2 Å². The zero-order valence-corrected chi connectivity index (χ0v) is 14.3. The molecule has 1 atom stereocenters. The second kappa shape index (κ2) is 7.84. The molecule has 21 heavy (non-hydrogen) atoms. The van der Waals surface area contributed by atoms with Gasteiger partial charge in [-0.2, -0.15) is 0 Å². The van der Waals surface area contributed by atoms with Crippen LogP contribution in [0, 0.1) is 18.8 Å². The van der Waals surface area contributed by atoms with Crippen molar-refractivity contribution in [2.75, 3.05) is 24.5 Å². The zero-order chi connectivity index (χ0) is 15.2. The number of hydrogen-bond donors (Lipinski definition) is 1. The van der Waals surface area contributed by atoms with Crippen molar-refractivity contribution in [1.82, 2.24) is 5.32 Å². The van der Waals surface area contributed by atoms with Crippen LogP contribution < -0.4 is 10.2 Å². The average molecular weight is 288 g/mol. The van der Waals surface area contributed by atoms with E-state index in [1.807, 2.05) is 0 Å². The Labute approximate surface area is 130 Å². The number of nitrogens with one attached hydrogen (secondary N) is 1. The molecule has 0 amide bonds. The second-order valence-electron chi connectivity index (χ2n) is 7.02. The molecule has 2 rings (SSSR count). The summed E-state index contributed by atoms with van der Waals surface area (Å²) < 4.78 is 0. The van der Waals surface area contributed by atoms with Crippen LogP contribution in [0.2, 0.25) is 0 Å². The van der Waals surface area contributed by atoms with E-state index in [9.17, 15) is 0 Å². The predicted molar refractivity (Wildman–Crippen MR) is 93.0 cm³/mol. The van der Waals surface area contributed by atoms with Crippen molar-refractivity contribution in [1.29, 1.82) is 0 Å². The lowest BCUT2D eigenvalue weighted by atomic mass is 9.94. The summed E-state index contributed by atoms with van der Waals surface area (Å²) in [5.74, 6) is 1.58. The minimum atomic E-state index is 0.706. The van der Waals surface area contributed by atoms with E-state index in [-0.39, 0.29) is 0 Å². The van der Waals surface area contributed by atoms with Crippen molar-refractivity contribution in [2.45, 2.75) is 53.5 Å². The fourth-order valence-electron chi connectivity index (χ4n) is 3.28. The largest absolute Gasteiger partial charge is 0.371 e. The van der Waals surface area contributed by atoms with E-state index in [1.54, 1.807) is 0 Å². The lowest BCUT2D eigenvalue weighted by Gasteiger charge is -2.35. The quantitative estimate of drug-likeness (QED) is 0.836. The Kier molecular flexibility index (Phi) is 6.10. The summed E-state index contributed by atoms with van der Waals surface area (Å²) in [6.45, 7) is 13.6. The lowest BCUT2D eigenvalue weighted by Crippen LogP contribution is -2.36. The minimum Gasteiger partial charge on any atom is -0.371 e. The van der Waals surface area contributed by atoms with Crippen molar-refractivity contribution < 1.29 is 0 Å². The van der Waals surface area contributed by atoms with Crippen molar-refractivity contribution in [2.24, 2.45) is 11.8 Å². The SMILES string of the molecule is CCC1CCCN(c2ccc(C)cc2CNCC(C)C)C1. The maximum absolute atomic E-state index is 3.61. The van der Waals surface area contributed by atoms with Gasteiger partial charge in [0.05, 0.1) is 0 Å². The van der Waals surface area contributed by atoms with Gasteiger partial charge >= 0.3 is 0 Å². The highest BCUT2D eigenvalue weighted by Gasteiger charge is 2.20. The first-order chi connectivity index (χ1) is 10.1. The van der Waals surface area contributed by atoms with Crippen LogP contribution in [-0.4, -0.2) is 19.6 Å². The average Bonchev–Trinajstić information content (AvgIpc) is 2.47. The summed E-state index contributed by atoms with van der Waals surface area (Å²) in [7, 11) is 0. The Morgan fingerprint density at radius 2 is 2.14 bits per heavy atom. The van der Waals surface area contributed by atoms with Crippen LogP contribution in [0.25, 0.3) is 0 Å². The molecule has 0 aromatic heterocycles. The van der Waals surface area contributed by atoms with Crippen LogP contribution >= 0.6 is 0 Å². The highest BCUT2D eigenvalue weighted by molar-refractivity contribution is 5.55. The van der Waals surface area contributed by atoms with E-state index in [4.69, 9.17) is 0 Å². The van der Waals surface area contributed by atoms with Gasteiger partial charge in [-0.1, -0.05) is 44.9 Å². The van der Waals surface area contributed by atoms with Gasteiger partial charge in [0.1, 0.15) is 0 Å². The van der Waals surface area contributed by atoms with Gasteiger partial charge in [0.15, 0.2) is 0 Å². The molecule has 1 aliphatic heterocycles. The number of hydrogen-bond acceptors (Lipinski definition) is 2. The van der Waals surface area contributed by atoms with Gasteiger partial charge in [-0.05, 0) is 49.8 Å². The molecule has 1 heterocycles. The smallest absolute Gasteiger partial charge is 0.0412 e. The van der Waals surface area contributed by atoms with Crippen LogP contribution in [0.3, 0.4) is 0 Å². The Morgan fingerprint density at radius 1 is 1.33 bits per heavy atom. The van der Waals surface area contributed by atoms with Gasteiger partial charge in [0.2, 0.25) is 0 Å². The monoisotopic (exact) mass is 288 g/mol. The standard InChI is InChI=1S/C19H32N2/c1-5-17-7-6-10-21(14-17)19-9-8-16(4)11-18(19)13-20-12-15(2)3/h8-9,11,15,17,20H,5-7,10,12-14H2,1-4H3. The van der Waals surface area contributed by atoms with Crippen molar-refractivity contribution >= 4 is 5.69 Å². The van der Waals surface area contributed by atoms with E-state index in [0.29, 0.717) is 5.92 Å².